The second kappa shape index (κ2) is 4.67. The molecular formula is C15H17F2NO. The minimum absolute atomic E-state index is 0.0381. The molecule has 2 aliphatic rings. The van der Waals surface area contributed by atoms with Gasteiger partial charge in [-0.25, -0.2) is 8.78 Å². The molecule has 0 aliphatic carbocycles. The molecule has 0 saturated carbocycles. The van der Waals surface area contributed by atoms with E-state index in [0.717, 1.165) is 37.8 Å². The highest BCUT2D eigenvalue weighted by molar-refractivity contribution is 5.98. The van der Waals surface area contributed by atoms with Crippen LogP contribution in [0.1, 0.15) is 36.0 Å². The van der Waals surface area contributed by atoms with Gasteiger partial charge in [0.2, 0.25) is 0 Å². The zero-order valence-electron chi connectivity index (χ0n) is 10.9. The summed E-state index contributed by atoms with van der Waals surface area (Å²) in [6, 6.07) is 4.39. The summed E-state index contributed by atoms with van der Waals surface area (Å²) in [4.78, 5) is 14.7. The third-order valence-electron chi connectivity index (χ3n) is 4.67. The van der Waals surface area contributed by atoms with Gasteiger partial charge >= 0.3 is 0 Å². The molecule has 2 atom stereocenters. The lowest BCUT2D eigenvalue weighted by atomic mass is 9.85. The Kier molecular flexibility index (Phi) is 3.13. The van der Waals surface area contributed by atoms with Gasteiger partial charge in [-0.15, -0.1) is 0 Å². The van der Waals surface area contributed by atoms with E-state index in [1.807, 2.05) is 0 Å². The Morgan fingerprint density at radius 1 is 1.16 bits per heavy atom. The fraction of sp³-hybridized carbons (Fsp3) is 0.533. The summed E-state index contributed by atoms with van der Waals surface area (Å²) in [5.41, 5.74) is 0.299. The van der Waals surface area contributed by atoms with Crippen molar-refractivity contribution in [1.29, 1.82) is 0 Å². The first-order valence-corrected chi connectivity index (χ1v) is 6.77. The molecule has 0 aromatic heterocycles. The first-order valence-electron chi connectivity index (χ1n) is 6.77. The van der Waals surface area contributed by atoms with Crippen LogP contribution < -0.4 is 0 Å². The van der Waals surface area contributed by atoms with Gasteiger partial charge in [-0.05, 0) is 50.9 Å². The molecular weight excluding hydrogens is 248 g/mol. The molecule has 0 radical (unpaired) electrons. The van der Waals surface area contributed by atoms with Crippen LogP contribution in [0.15, 0.2) is 18.2 Å². The van der Waals surface area contributed by atoms with E-state index in [9.17, 15) is 13.6 Å². The lowest BCUT2D eigenvalue weighted by molar-refractivity contribution is 0.0766. The maximum Gasteiger partial charge on any atom is 0.166 e. The summed E-state index contributed by atoms with van der Waals surface area (Å²) in [7, 11) is 2.11. The van der Waals surface area contributed by atoms with Crippen molar-refractivity contribution in [2.45, 2.75) is 37.8 Å². The number of halogens is 2. The van der Waals surface area contributed by atoms with Crippen LogP contribution in [0.25, 0.3) is 0 Å². The van der Waals surface area contributed by atoms with Crippen molar-refractivity contribution in [3.05, 3.63) is 35.4 Å². The molecule has 2 bridgehead atoms. The van der Waals surface area contributed by atoms with E-state index < -0.39 is 11.6 Å². The van der Waals surface area contributed by atoms with E-state index in [2.05, 4.69) is 11.9 Å². The van der Waals surface area contributed by atoms with Gasteiger partial charge in [0.25, 0.3) is 0 Å². The molecule has 102 valence electrons. The molecule has 0 N–H and O–H groups in total. The lowest BCUT2D eigenvalue weighted by Gasteiger charge is -2.35. The Hall–Kier alpha value is -1.29. The van der Waals surface area contributed by atoms with Crippen molar-refractivity contribution >= 4 is 5.78 Å². The monoisotopic (exact) mass is 265 g/mol. The van der Waals surface area contributed by atoms with Crippen molar-refractivity contribution in [2.75, 3.05) is 7.05 Å². The van der Waals surface area contributed by atoms with Crippen molar-refractivity contribution < 1.29 is 13.6 Å². The largest absolute Gasteiger partial charge is 0.300 e. The number of benzene rings is 1. The summed E-state index contributed by atoms with van der Waals surface area (Å²) in [6.07, 6.45) is 3.96. The summed E-state index contributed by atoms with van der Waals surface area (Å²) in [5, 5.41) is 0. The first kappa shape index (κ1) is 12.7. The van der Waals surface area contributed by atoms with Gasteiger partial charge in [-0.1, -0.05) is 0 Å². The number of ketones is 1. The summed E-state index contributed by atoms with van der Waals surface area (Å²) in [5.74, 6) is -1.93. The minimum atomic E-state index is -0.943. The van der Waals surface area contributed by atoms with Gasteiger partial charge in [0, 0.05) is 23.6 Å². The maximum absolute atomic E-state index is 13.2. The van der Waals surface area contributed by atoms with Crippen LogP contribution in [0.5, 0.6) is 0 Å². The second-order valence-corrected chi connectivity index (χ2v) is 5.71. The third kappa shape index (κ3) is 2.18. The highest BCUT2D eigenvalue weighted by atomic mass is 19.2. The van der Waals surface area contributed by atoms with Crippen LogP contribution in [0, 0.1) is 17.6 Å². The van der Waals surface area contributed by atoms with E-state index >= 15 is 0 Å². The predicted octanol–water partition coefficient (Wildman–Crippen LogP) is 3.02. The molecule has 2 aliphatic heterocycles. The lowest BCUT2D eigenvalue weighted by Crippen LogP contribution is -2.42. The number of piperidine rings is 1. The van der Waals surface area contributed by atoms with Crippen LogP contribution in [0.2, 0.25) is 0 Å². The molecule has 2 saturated heterocycles. The highest BCUT2D eigenvalue weighted by Crippen LogP contribution is 2.38. The molecule has 2 heterocycles. The normalized spacial score (nSPS) is 30.6. The van der Waals surface area contributed by atoms with Gasteiger partial charge in [0.05, 0.1) is 0 Å². The van der Waals surface area contributed by atoms with E-state index in [0.29, 0.717) is 17.6 Å². The van der Waals surface area contributed by atoms with Gasteiger partial charge in [-0.3, -0.25) is 4.79 Å². The third-order valence-corrected chi connectivity index (χ3v) is 4.67. The standard InChI is InChI=1S/C15H17F2NO/c1-18-11-3-4-12(18)7-10(6-11)15(19)9-2-5-13(16)14(17)8-9/h2,5,8,10-12H,3-4,6-7H2,1H3. The van der Waals surface area contributed by atoms with Crippen LogP contribution in [-0.4, -0.2) is 29.8 Å². The Morgan fingerprint density at radius 2 is 1.79 bits per heavy atom. The first-order chi connectivity index (χ1) is 9.06. The highest BCUT2D eigenvalue weighted by Gasteiger charge is 2.40. The van der Waals surface area contributed by atoms with Crippen LogP contribution in [-0.2, 0) is 0 Å². The van der Waals surface area contributed by atoms with Crippen LogP contribution in [0.3, 0.4) is 0 Å². The molecule has 3 rings (SSSR count). The van der Waals surface area contributed by atoms with Gasteiger partial charge in [0.15, 0.2) is 17.4 Å². The predicted molar refractivity (Wildman–Crippen MR) is 68.0 cm³/mol. The Balaban J connectivity index is 1.79. The molecule has 4 heteroatoms. The van der Waals surface area contributed by atoms with Crippen molar-refractivity contribution in [2.24, 2.45) is 5.92 Å². The molecule has 0 amide bonds. The maximum atomic E-state index is 13.2. The quantitative estimate of drug-likeness (QED) is 0.766. The number of nitrogens with zero attached hydrogens (tertiary/aromatic N) is 1. The average Bonchev–Trinajstić information content (AvgIpc) is 2.64. The smallest absolute Gasteiger partial charge is 0.166 e. The topological polar surface area (TPSA) is 20.3 Å². The van der Waals surface area contributed by atoms with Crippen molar-refractivity contribution in [3.63, 3.8) is 0 Å². The van der Waals surface area contributed by atoms with Crippen LogP contribution >= 0.6 is 0 Å². The number of carbonyl (C=O) groups excluding carboxylic acids is 1. The number of hydrogen-bond donors (Lipinski definition) is 0. The molecule has 2 nitrogen and oxygen atoms in total. The fourth-order valence-corrected chi connectivity index (χ4v) is 3.51. The van der Waals surface area contributed by atoms with Crippen molar-refractivity contribution in [3.8, 4) is 0 Å². The zero-order chi connectivity index (χ0) is 13.6. The zero-order valence-corrected chi connectivity index (χ0v) is 10.9. The number of rotatable bonds is 2. The van der Waals surface area contributed by atoms with E-state index in [1.54, 1.807) is 0 Å². The number of fused-ring (bicyclic) bond motifs is 2. The van der Waals surface area contributed by atoms with E-state index in [1.165, 1.54) is 6.07 Å². The van der Waals surface area contributed by atoms with E-state index in [4.69, 9.17) is 0 Å². The summed E-state index contributed by atoms with van der Waals surface area (Å²) in [6.45, 7) is 0. The van der Waals surface area contributed by atoms with Gasteiger partial charge in [-0.2, -0.15) is 0 Å². The molecule has 0 spiro atoms. The minimum Gasteiger partial charge on any atom is -0.300 e. The molecule has 19 heavy (non-hydrogen) atoms. The summed E-state index contributed by atoms with van der Waals surface area (Å²) < 4.78 is 26.1. The Bertz CT molecular complexity index is 503. The SMILES string of the molecule is CN1C2CCC1CC(C(=O)c1ccc(F)c(F)c1)C2. The second-order valence-electron chi connectivity index (χ2n) is 5.71. The number of Topliss-reactive ketones (excluding diaryl/α,β-unsaturated/α-hetero) is 1. The van der Waals surface area contributed by atoms with Crippen molar-refractivity contribution in [1.82, 2.24) is 4.90 Å². The van der Waals surface area contributed by atoms with Gasteiger partial charge < -0.3 is 4.90 Å². The Morgan fingerprint density at radius 3 is 2.37 bits per heavy atom. The summed E-state index contributed by atoms with van der Waals surface area (Å²) >= 11 is 0. The van der Waals surface area contributed by atoms with E-state index in [-0.39, 0.29) is 11.7 Å². The number of carbonyl (C=O) groups is 1. The molecule has 1 aromatic rings. The Labute approximate surface area is 111 Å². The number of hydrogen-bond acceptors (Lipinski definition) is 2. The fourth-order valence-electron chi connectivity index (χ4n) is 3.51. The molecule has 1 aromatic carbocycles. The molecule has 2 fully saturated rings. The average molecular weight is 265 g/mol. The molecule has 2 unspecified atom stereocenters. The van der Waals surface area contributed by atoms with Gasteiger partial charge in [0.1, 0.15) is 0 Å². The van der Waals surface area contributed by atoms with Crippen LogP contribution in [0.4, 0.5) is 8.78 Å².